The van der Waals surface area contributed by atoms with E-state index in [1.807, 2.05) is 19.6 Å². The smallest absolute Gasteiger partial charge is 0.263 e. The Balaban J connectivity index is 2.62. The van der Waals surface area contributed by atoms with E-state index in [1.165, 1.54) is 12.1 Å². The maximum Gasteiger partial charge on any atom is 0.263 e. The predicted octanol–water partition coefficient (Wildman–Crippen LogP) is 3.31. The molecule has 0 spiro atoms. The van der Waals surface area contributed by atoms with Gasteiger partial charge in [-0.2, -0.15) is 0 Å². The highest BCUT2D eigenvalue weighted by molar-refractivity contribution is 8.26. The summed E-state index contributed by atoms with van der Waals surface area (Å²) in [6, 6.07) is 1.43. The lowest BCUT2D eigenvalue weighted by Crippen LogP contribution is -2.43. The van der Waals surface area contributed by atoms with Crippen molar-refractivity contribution < 1.29 is 13.6 Å². The topological polar surface area (TPSA) is 29.1 Å². The first-order valence-corrected chi connectivity index (χ1v) is 11.1. The fourth-order valence-electron chi connectivity index (χ4n) is 2.12. The van der Waals surface area contributed by atoms with Gasteiger partial charge in [0.15, 0.2) is 0 Å². The molecule has 112 valence electrons. The largest absolute Gasteiger partial charge is 0.307 e. The minimum absolute atomic E-state index is 0.167. The predicted molar refractivity (Wildman–Crippen MR) is 90.4 cm³/mol. The molecule has 1 aromatic rings. The number of carbonyl (C=O) groups is 1. The molecular weight excluding hydrogens is 328 g/mol. The van der Waals surface area contributed by atoms with E-state index in [2.05, 4.69) is 5.32 Å². The molecule has 0 atom stereocenters. The van der Waals surface area contributed by atoms with Crippen LogP contribution in [-0.2, 0) is 4.79 Å². The second-order valence-electron chi connectivity index (χ2n) is 5.89. The van der Waals surface area contributed by atoms with Crippen LogP contribution in [0.25, 0.3) is 6.08 Å². The van der Waals surface area contributed by atoms with Crippen molar-refractivity contribution in [2.24, 2.45) is 0 Å². The number of carbonyl (C=O) groups excluding carboxylic acids is 1. The van der Waals surface area contributed by atoms with Crippen molar-refractivity contribution in [3.05, 3.63) is 33.7 Å². The van der Waals surface area contributed by atoms with Crippen LogP contribution in [0.3, 0.4) is 0 Å². The number of aryl methyl sites for hydroxylation is 1. The molecule has 2 rings (SSSR count). The molecule has 1 fully saturated rings. The lowest BCUT2D eigenvalue weighted by atomic mass is 10.1. The lowest BCUT2D eigenvalue weighted by molar-refractivity contribution is -0.115. The molecule has 1 saturated heterocycles. The molecule has 0 bridgehead atoms. The highest BCUT2D eigenvalue weighted by atomic mass is 32.2. The second-order valence-corrected chi connectivity index (χ2v) is 12.6. The van der Waals surface area contributed by atoms with Gasteiger partial charge in [-0.25, -0.2) is 8.78 Å². The van der Waals surface area contributed by atoms with Crippen molar-refractivity contribution >= 4 is 53.5 Å². The Labute approximate surface area is 133 Å². The fourth-order valence-corrected chi connectivity index (χ4v) is 4.82. The number of benzene rings is 1. The number of halogens is 2. The first-order valence-electron chi connectivity index (χ1n) is 6.35. The fraction of sp³-hybridized carbons (Fsp3) is 0.286. The van der Waals surface area contributed by atoms with E-state index in [1.54, 1.807) is 6.92 Å². The first kappa shape index (κ1) is 16.3. The molecule has 0 aromatic heterocycles. The van der Waals surface area contributed by atoms with E-state index >= 15 is 0 Å². The van der Waals surface area contributed by atoms with Gasteiger partial charge in [-0.1, -0.05) is 43.6 Å². The number of thiocarbonyl (C=S) groups is 1. The van der Waals surface area contributed by atoms with Gasteiger partial charge < -0.3 is 5.32 Å². The third kappa shape index (κ3) is 3.25. The molecule has 0 unspecified atom stereocenters. The number of thioether (sulfide) groups is 1. The maximum absolute atomic E-state index is 14.7. The van der Waals surface area contributed by atoms with Crippen molar-refractivity contribution in [1.29, 1.82) is 0 Å². The Bertz CT molecular complexity index is 681. The molecule has 1 aromatic carbocycles. The van der Waals surface area contributed by atoms with E-state index in [-0.39, 0.29) is 16.7 Å². The number of hydrogen-bond acceptors (Lipinski definition) is 3. The summed E-state index contributed by atoms with van der Waals surface area (Å²) in [6.45, 7) is 7.26. The van der Waals surface area contributed by atoms with Crippen LogP contribution in [0.5, 0.6) is 0 Å². The minimum atomic E-state index is -2.18. The van der Waals surface area contributed by atoms with Crippen LogP contribution in [-0.4, -0.2) is 18.3 Å². The number of rotatable bonds is 2. The number of nitrogens with one attached hydrogen (secondary N) is 1. The Hall–Kier alpha value is -1.05. The molecule has 0 aliphatic carbocycles. The standard InChI is InChI=1S/C14H15F2NOS2Si/c1-7-5-8(6-9-13(18)17-14(19)20-9)11(16)12(10(7)15)21(2,3)4/h5-6H,1-4H3,(H,17,18,19)/b9-6-. The van der Waals surface area contributed by atoms with Gasteiger partial charge >= 0.3 is 0 Å². The summed E-state index contributed by atoms with van der Waals surface area (Å²) >= 11 is 5.98. The number of hydrogen-bond donors (Lipinski definition) is 1. The Morgan fingerprint density at radius 3 is 2.38 bits per heavy atom. The van der Waals surface area contributed by atoms with Gasteiger partial charge in [-0.3, -0.25) is 4.79 Å². The summed E-state index contributed by atoms with van der Waals surface area (Å²) in [5.41, 5.74) is 0.611. The molecule has 1 aliphatic heterocycles. The zero-order valence-electron chi connectivity index (χ0n) is 12.1. The van der Waals surface area contributed by atoms with Crippen molar-refractivity contribution in [3.8, 4) is 0 Å². The van der Waals surface area contributed by atoms with Crippen molar-refractivity contribution in [2.45, 2.75) is 26.6 Å². The van der Waals surface area contributed by atoms with Gasteiger partial charge in [0.1, 0.15) is 16.0 Å². The molecule has 1 aliphatic rings. The molecule has 0 saturated carbocycles. The summed E-state index contributed by atoms with van der Waals surface area (Å²) in [5, 5.41) is 2.64. The summed E-state index contributed by atoms with van der Waals surface area (Å²) in [6.07, 6.45) is 1.44. The minimum Gasteiger partial charge on any atom is -0.307 e. The molecule has 1 heterocycles. The Kier molecular flexibility index (Phi) is 4.37. The van der Waals surface area contributed by atoms with Crippen LogP contribution in [0, 0.1) is 18.6 Å². The molecule has 0 radical (unpaired) electrons. The van der Waals surface area contributed by atoms with Gasteiger partial charge in [-0.05, 0) is 24.6 Å². The zero-order chi connectivity index (χ0) is 15.9. The van der Waals surface area contributed by atoms with Crippen molar-refractivity contribution in [2.75, 3.05) is 0 Å². The SMILES string of the molecule is Cc1cc(/C=C2\SC(=S)NC2=O)c(F)c([Si](C)(C)C)c1F. The Morgan fingerprint density at radius 1 is 1.29 bits per heavy atom. The molecule has 1 amide bonds. The van der Waals surface area contributed by atoms with Crippen LogP contribution in [0.1, 0.15) is 11.1 Å². The van der Waals surface area contributed by atoms with Crippen LogP contribution >= 0.6 is 24.0 Å². The highest BCUT2D eigenvalue weighted by Crippen LogP contribution is 2.27. The van der Waals surface area contributed by atoms with Crippen LogP contribution in [0.4, 0.5) is 8.78 Å². The Morgan fingerprint density at radius 2 is 1.90 bits per heavy atom. The average molecular weight is 343 g/mol. The summed E-state index contributed by atoms with van der Waals surface area (Å²) in [4.78, 5) is 12.0. The van der Waals surface area contributed by atoms with Gasteiger partial charge in [0.25, 0.3) is 5.91 Å². The third-order valence-electron chi connectivity index (χ3n) is 3.09. The van der Waals surface area contributed by atoms with Gasteiger partial charge in [0.05, 0.1) is 13.0 Å². The van der Waals surface area contributed by atoms with E-state index < -0.39 is 19.7 Å². The summed E-state index contributed by atoms with van der Waals surface area (Å²) in [7, 11) is -2.18. The molecule has 1 N–H and O–H groups in total. The first-order chi connectivity index (χ1) is 9.61. The van der Waals surface area contributed by atoms with E-state index in [9.17, 15) is 13.6 Å². The normalized spacial score (nSPS) is 17.5. The molecule has 21 heavy (non-hydrogen) atoms. The van der Waals surface area contributed by atoms with Crippen LogP contribution in [0.15, 0.2) is 11.0 Å². The van der Waals surface area contributed by atoms with E-state index in [4.69, 9.17) is 12.2 Å². The molecular formula is C14H15F2NOS2Si. The molecule has 2 nitrogen and oxygen atoms in total. The van der Waals surface area contributed by atoms with Crippen molar-refractivity contribution in [1.82, 2.24) is 5.32 Å². The average Bonchev–Trinajstić information content (AvgIpc) is 2.63. The van der Waals surface area contributed by atoms with Gasteiger partial charge in [0.2, 0.25) is 0 Å². The summed E-state index contributed by atoms with van der Waals surface area (Å²) in [5.74, 6) is -1.40. The van der Waals surface area contributed by atoms with Gasteiger partial charge in [-0.15, -0.1) is 0 Å². The van der Waals surface area contributed by atoms with Gasteiger partial charge in [0, 0.05) is 10.8 Å². The van der Waals surface area contributed by atoms with E-state index in [0.29, 0.717) is 14.8 Å². The monoisotopic (exact) mass is 343 g/mol. The zero-order valence-corrected chi connectivity index (χ0v) is 14.8. The second kappa shape index (κ2) is 5.62. The van der Waals surface area contributed by atoms with Crippen molar-refractivity contribution in [3.63, 3.8) is 0 Å². The number of amides is 1. The quantitative estimate of drug-likeness (QED) is 0.507. The van der Waals surface area contributed by atoms with E-state index in [0.717, 1.165) is 11.8 Å². The highest BCUT2D eigenvalue weighted by Gasteiger charge is 2.29. The van der Waals surface area contributed by atoms with Crippen LogP contribution < -0.4 is 10.5 Å². The molecule has 7 heteroatoms. The maximum atomic E-state index is 14.7. The lowest BCUT2D eigenvalue weighted by Gasteiger charge is -2.21. The summed E-state index contributed by atoms with van der Waals surface area (Å²) < 4.78 is 29.3. The van der Waals surface area contributed by atoms with Crippen LogP contribution in [0.2, 0.25) is 19.6 Å². The third-order valence-corrected chi connectivity index (χ3v) is 6.19.